The van der Waals surface area contributed by atoms with E-state index in [2.05, 4.69) is 42.2 Å². The fraction of sp³-hybridized carbons (Fsp3) is 0.625. The Labute approximate surface area is 121 Å². The first-order chi connectivity index (χ1) is 9.31. The summed E-state index contributed by atoms with van der Waals surface area (Å²) in [7, 11) is 0. The zero-order valence-electron chi connectivity index (χ0n) is 12.0. The van der Waals surface area contributed by atoms with E-state index < -0.39 is 0 Å². The Kier molecular flexibility index (Phi) is 6.05. The number of benzene rings is 1. The van der Waals surface area contributed by atoms with Gasteiger partial charge in [0.15, 0.2) is 0 Å². The van der Waals surface area contributed by atoms with Crippen LogP contribution in [-0.2, 0) is 0 Å². The minimum atomic E-state index is 0.352. The van der Waals surface area contributed by atoms with Crippen molar-refractivity contribution in [3.63, 3.8) is 0 Å². The molecule has 2 nitrogen and oxygen atoms in total. The van der Waals surface area contributed by atoms with Gasteiger partial charge in [0, 0.05) is 23.4 Å². The van der Waals surface area contributed by atoms with E-state index in [1.165, 1.54) is 30.6 Å². The van der Waals surface area contributed by atoms with E-state index in [4.69, 9.17) is 4.74 Å². The Balaban J connectivity index is 1.89. The van der Waals surface area contributed by atoms with Gasteiger partial charge in [0.1, 0.15) is 5.75 Å². The lowest BCUT2D eigenvalue weighted by molar-refractivity contribution is 0.332. The highest BCUT2D eigenvalue weighted by molar-refractivity contribution is 7.99. The number of ether oxygens (including phenoxy) is 1. The summed E-state index contributed by atoms with van der Waals surface area (Å²) in [6.07, 6.45) is 4.14. The summed E-state index contributed by atoms with van der Waals surface area (Å²) in [5.41, 5.74) is 1.27. The van der Waals surface area contributed by atoms with Crippen molar-refractivity contribution in [3.05, 3.63) is 29.8 Å². The molecular formula is C16H25NOS. The van der Waals surface area contributed by atoms with E-state index in [1.54, 1.807) is 0 Å². The topological polar surface area (TPSA) is 21.3 Å². The van der Waals surface area contributed by atoms with Crippen LogP contribution in [0.4, 0.5) is 0 Å². The number of thioether (sulfide) groups is 1. The zero-order valence-corrected chi connectivity index (χ0v) is 12.8. The van der Waals surface area contributed by atoms with Crippen molar-refractivity contribution in [2.75, 3.05) is 18.9 Å². The number of rotatable bonds is 6. The highest BCUT2D eigenvalue weighted by Gasteiger charge is 2.16. The molecule has 3 heteroatoms. The summed E-state index contributed by atoms with van der Waals surface area (Å²) in [4.78, 5) is 0. The Hall–Kier alpha value is -0.670. The van der Waals surface area contributed by atoms with Crippen molar-refractivity contribution < 1.29 is 4.74 Å². The molecule has 0 saturated carbocycles. The molecule has 1 fully saturated rings. The van der Waals surface area contributed by atoms with E-state index in [-0.39, 0.29) is 0 Å². The molecule has 19 heavy (non-hydrogen) atoms. The van der Waals surface area contributed by atoms with E-state index in [0.717, 1.165) is 24.2 Å². The Morgan fingerprint density at radius 3 is 2.95 bits per heavy atom. The molecule has 1 aliphatic heterocycles. The third kappa shape index (κ3) is 4.43. The molecule has 2 rings (SSSR count). The second-order valence-corrected chi connectivity index (χ2v) is 6.50. The number of hydrogen-bond donors (Lipinski definition) is 1. The Morgan fingerprint density at radius 1 is 1.37 bits per heavy atom. The van der Waals surface area contributed by atoms with Gasteiger partial charge < -0.3 is 10.1 Å². The van der Waals surface area contributed by atoms with Crippen molar-refractivity contribution in [3.8, 4) is 5.75 Å². The van der Waals surface area contributed by atoms with Crippen molar-refractivity contribution in [2.45, 2.75) is 44.4 Å². The van der Waals surface area contributed by atoms with E-state index in [1.807, 2.05) is 13.0 Å². The van der Waals surface area contributed by atoms with E-state index in [0.29, 0.717) is 6.04 Å². The second kappa shape index (κ2) is 7.81. The van der Waals surface area contributed by atoms with Gasteiger partial charge in [0.25, 0.3) is 0 Å². The third-order valence-electron chi connectivity index (χ3n) is 3.61. The molecule has 1 aliphatic rings. The summed E-state index contributed by atoms with van der Waals surface area (Å²) in [6, 6.07) is 8.71. The molecule has 1 aromatic rings. The van der Waals surface area contributed by atoms with Crippen LogP contribution in [0.2, 0.25) is 0 Å². The van der Waals surface area contributed by atoms with Gasteiger partial charge in [-0.2, -0.15) is 11.8 Å². The summed E-state index contributed by atoms with van der Waals surface area (Å²) in [6.45, 7) is 6.09. The van der Waals surface area contributed by atoms with Gasteiger partial charge in [-0.25, -0.2) is 0 Å². The van der Waals surface area contributed by atoms with Gasteiger partial charge in [-0.1, -0.05) is 24.6 Å². The first-order valence-electron chi connectivity index (χ1n) is 7.38. The third-order valence-corrected chi connectivity index (χ3v) is 5.01. The van der Waals surface area contributed by atoms with Crippen molar-refractivity contribution in [1.82, 2.24) is 5.32 Å². The lowest BCUT2D eigenvalue weighted by Crippen LogP contribution is -2.29. The molecule has 0 amide bonds. The lowest BCUT2D eigenvalue weighted by Gasteiger charge is -2.24. The van der Waals surface area contributed by atoms with Gasteiger partial charge >= 0.3 is 0 Å². The summed E-state index contributed by atoms with van der Waals surface area (Å²) < 4.78 is 5.70. The van der Waals surface area contributed by atoms with Crippen LogP contribution in [0.5, 0.6) is 5.75 Å². The van der Waals surface area contributed by atoms with E-state index in [9.17, 15) is 0 Å². The molecule has 0 aliphatic carbocycles. The standard InChI is InChI=1S/C16H25NOS/c1-3-18-16-10-5-4-9-15(16)13(2)17-12-14-8-6-7-11-19-14/h4-5,9-10,13-14,17H,3,6-8,11-12H2,1-2H3. The van der Waals surface area contributed by atoms with Crippen molar-refractivity contribution in [1.29, 1.82) is 0 Å². The molecule has 0 radical (unpaired) electrons. The van der Waals surface area contributed by atoms with Crippen LogP contribution >= 0.6 is 11.8 Å². The maximum absolute atomic E-state index is 5.70. The zero-order chi connectivity index (χ0) is 13.5. The predicted molar refractivity (Wildman–Crippen MR) is 84.1 cm³/mol. The van der Waals surface area contributed by atoms with Crippen LogP contribution in [0.3, 0.4) is 0 Å². The minimum absolute atomic E-state index is 0.352. The van der Waals surface area contributed by atoms with Crippen molar-refractivity contribution in [2.24, 2.45) is 0 Å². The quantitative estimate of drug-likeness (QED) is 0.849. The fourth-order valence-corrected chi connectivity index (χ4v) is 3.76. The predicted octanol–water partition coefficient (Wildman–Crippen LogP) is 4.02. The lowest BCUT2D eigenvalue weighted by atomic mass is 10.1. The number of nitrogens with one attached hydrogen (secondary N) is 1. The monoisotopic (exact) mass is 279 g/mol. The largest absolute Gasteiger partial charge is 0.494 e. The van der Waals surface area contributed by atoms with Gasteiger partial charge in [0.2, 0.25) is 0 Å². The smallest absolute Gasteiger partial charge is 0.124 e. The summed E-state index contributed by atoms with van der Waals surface area (Å²) in [5.74, 6) is 2.34. The molecule has 1 aromatic carbocycles. The highest BCUT2D eigenvalue weighted by atomic mass is 32.2. The first kappa shape index (κ1) is 14.7. The molecule has 0 bridgehead atoms. The van der Waals surface area contributed by atoms with Crippen LogP contribution in [0.1, 0.15) is 44.7 Å². The molecule has 1 N–H and O–H groups in total. The molecule has 106 valence electrons. The molecule has 0 spiro atoms. The van der Waals surface area contributed by atoms with Gasteiger partial charge in [-0.15, -0.1) is 0 Å². The molecule has 2 atom stereocenters. The molecular weight excluding hydrogens is 254 g/mol. The van der Waals surface area contributed by atoms with Crippen LogP contribution in [-0.4, -0.2) is 24.2 Å². The Bertz CT molecular complexity index is 377. The maximum atomic E-state index is 5.70. The van der Waals surface area contributed by atoms with Crippen LogP contribution in [0, 0.1) is 0 Å². The maximum Gasteiger partial charge on any atom is 0.124 e. The number of para-hydroxylation sites is 1. The normalized spacial score (nSPS) is 21.1. The average molecular weight is 279 g/mol. The first-order valence-corrected chi connectivity index (χ1v) is 8.43. The summed E-state index contributed by atoms with van der Waals surface area (Å²) in [5, 5.41) is 4.45. The average Bonchev–Trinajstić information content (AvgIpc) is 2.47. The fourth-order valence-electron chi connectivity index (χ4n) is 2.51. The number of hydrogen-bond acceptors (Lipinski definition) is 3. The van der Waals surface area contributed by atoms with Gasteiger partial charge in [0.05, 0.1) is 6.61 Å². The molecule has 2 unspecified atom stereocenters. The highest BCUT2D eigenvalue weighted by Crippen LogP contribution is 2.27. The van der Waals surface area contributed by atoms with Crippen molar-refractivity contribution >= 4 is 11.8 Å². The van der Waals surface area contributed by atoms with E-state index >= 15 is 0 Å². The van der Waals surface area contributed by atoms with Gasteiger partial charge in [-0.05, 0) is 38.5 Å². The summed E-state index contributed by atoms with van der Waals surface area (Å²) >= 11 is 2.12. The van der Waals surface area contributed by atoms with Crippen LogP contribution < -0.4 is 10.1 Å². The second-order valence-electron chi connectivity index (χ2n) is 5.09. The van der Waals surface area contributed by atoms with Gasteiger partial charge in [-0.3, -0.25) is 0 Å². The molecule has 0 aromatic heterocycles. The Morgan fingerprint density at radius 2 is 2.21 bits per heavy atom. The van der Waals surface area contributed by atoms with Crippen LogP contribution in [0.25, 0.3) is 0 Å². The van der Waals surface area contributed by atoms with Crippen LogP contribution in [0.15, 0.2) is 24.3 Å². The SMILES string of the molecule is CCOc1ccccc1C(C)NCC1CCCCS1. The molecule has 1 heterocycles. The molecule has 1 saturated heterocycles. The minimum Gasteiger partial charge on any atom is -0.494 e.